The molecule has 0 spiro atoms. The van der Waals surface area contributed by atoms with Crippen LogP contribution in [0.1, 0.15) is 28.3 Å². The number of carboxylic acid groups (broad SMARTS) is 1. The summed E-state index contributed by atoms with van der Waals surface area (Å²) < 4.78 is 0. The lowest BCUT2D eigenvalue weighted by atomic mass is 10.4. The van der Waals surface area contributed by atoms with Crippen molar-refractivity contribution in [2.75, 3.05) is 6.54 Å². The monoisotopic (exact) mass is 212 g/mol. The quantitative estimate of drug-likeness (QED) is 0.768. The summed E-state index contributed by atoms with van der Waals surface area (Å²) in [6, 6.07) is 0.703. The fourth-order valence-corrected chi connectivity index (χ4v) is 1.97. The Balaban J connectivity index is 1.79. The number of nitrogens with zero attached hydrogens (tertiary/aromatic N) is 1. The maximum absolute atomic E-state index is 10.5. The summed E-state index contributed by atoms with van der Waals surface area (Å²) in [7, 11) is 0. The van der Waals surface area contributed by atoms with Crippen molar-refractivity contribution in [2.45, 2.75) is 25.3 Å². The van der Waals surface area contributed by atoms with Crippen molar-refractivity contribution in [1.82, 2.24) is 10.3 Å². The molecule has 0 bridgehead atoms. The van der Waals surface area contributed by atoms with Gasteiger partial charge in [0.05, 0.1) is 5.01 Å². The zero-order chi connectivity index (χ0) is 9.97. The second kappa shape index (κ2) is 4.06. The molecule has 4 nitrogen and oxygen atoms in total. The van der Waals surface area contributed by atoms with Crippen LogP contribution in [0.3, 0.4) is 0 Å². The van der Waals surface area contributed by atoms with Gasteiger partial charge in [0, 0.05) is 24.4 Å². The maximum atomic E-state index is 10.5. The van der Waals surface area contributed by atoms with Gasteiger partial charge in [-0.3, -0.25) is 0 Å². The van der Waals surface area contributed by atoms with Crippen LogP contribution >= 0.6 is 11.3 Å². The van der Waals surface area contributed by atoms with Gasteiger partial charge in [-0.25, -0.2) is 9.78 Å². The molecule has 0 aliphatic heterocycles. The van der Waals surface area contributed by atoms with Gasteiger partial charge in [0.15, 0.2) is 5.69 Å². The number of carbonyl (C=O) groups is 1. The highest BCUT2D eigenvalue weighted by Crippen LogP contribution is 2.18. The molecule has 0 aromatic carbocycles. The predicted molar refractivity (Wildman–Crippen MR) is 53.8 cm³/mol. The first kappa shape index (κ1) is 9.61. The number of carboxylic acids is 1. The summed E-state index contributed by atoms with van der Waals surface area (Å²) >= 11 is 1.42. The van der Waals surface area contributed by atoms with Crippen molar-refractivity contribution in [1.29, 1.82) is 0 Å². The summed E-state index contributed by atoms with van der Waals surface area (Å²) in [5.74, 6) is -0.942. The summed E-state index contributed by atoms with van der Waals surface area (Å²) in [6.45, 7) is 0.900. The van der Waals surface area contributed by atoms with Crippen molar-refractivity contribution in [3.05, 3.63) is 16.1 Å². The van der Waals surface area contributed by atoms with Gasteiger partial charge < -0.3 is 10.4 Å². The Morgan fingerprint density at radius 3 is 3.07 bits per heavy atom. The third kappa shape index (κ3) is 2.52. The fraction of sp³-hybridized carbons (Fsp3) is 0.556. The first-order valence-corrected chi connectivity index (χ1v) is 5.55. The smallest absolute Gasteiger partial charge is 0.355 e. The predicted octanol–water partition coefficient (Wildman–Crippen LogP) is 1.14. The van der Waals surface area contributed by atoms with E-state index in [2.05, 4.69) is 10.3 Å². The highest BCUT2D eigenvalue weighted by atomic mass is 32.1. The summed E-state index contributed by atoms with van der Waals surface area (Å²) in [5, 5.41) is 14.5. The number of nitrogens with one attached hydrogen (secondary N) is 1. The van der Waals surface area contributed by atoms with Crippen LogP contribution in [0, 0.1) is 0 Å². The SMILES string of the molecule is O=C(O)c1csc(CCNC2CC2)n1. The van der Waals surface area contributed by atoms with Gasteiger partial charge in [-0.15, -0.1) is 11.3 Å². The lowest BCUT2D eigenvalue weighted by Crippen LogP contribution is -2.19. The van der Waals surface area contributed by atoms with Crippen molar-refractivity contribution in [3.8, 4) is 0 Å². The number of aromatic nitrogens is 1. The highest BCUT2D eigenvalue weighted by Gasteiger charge is 2.19. The minimum absolute atomic E-state index is 0.163. The lowest BCUT2D eigenvalue weighted by molar-refractivity contribution is 0.0691. The van der Waals surface area contributed by atoms with Crippen LogP contribution in [0.15, 0.2) is 5.38 Å². The molecule has 1 aliphatic rings. The van der Waals surface area contributed by atoms with Gasteiger partial charge >= 0.3 is 5.97 Å². The van der Waals surface area contributed by atoms with E-state index in [0.717, 1.165) is 18.0 Å². The van der Waals surface area contributed by atoms with Crippen LogP contribution < -0.4 is 5.32 Å². The zero-order valence-corrected chi connectivity index (χ0v) is 8.51. The number of hydrogen-bond donors (Lipinski definition) is 2. The van der Waals surface area contributed by atoms with E-state index in [1.54, 1.807) is 5.38 Å². The molecule has 1 aromatic heterocycles. The average Bonchev–Trinajstić information content (AvgIpc) is 2.82. The van der Waals surface area contributed by atoms with Crippen LogP contribution in [0.4, 0.5) is 0 Å². The zero-order valence-electron chi connectivity index (χ0n) is 7.69. The molecule has 0 amide bonds. The molecule has 0 atom stereocenters. The van der Waals surface area contributed by atoms with Crippen molar-refractivity contribution in [2.24, 2.45) is 0 Å². The van der Waals surface area contributed by atoms with Gasteiger partial charge in [-0.2, -0.15) is 0 Å². The Hall–Kier alpha value is -0.940. The van der Waals surface area contributed by atoms with E-state index in [-0.39, 0.29) is 5.69 Å². The van der Waals surface area contributed by atoms with Crippen LogP contribution in [0.5, 0.6) is 0 Å². The Kier molecular flexibility index (Phi) is 2.79. The fourth-order valence-electron chi connectivity index (χ4n) is 1.19. The van der Waals surface area contributed by atoms with Crippen molar-refractivity contribution < 1.29 is 9.90 Å². The highest BCUT2D eigenvalue weighted by molar-refractivity contribution is 7.09. The summed E-state index contributed by atoms with van der Waals surface area (Å²) in [4.78, 5) is 14.5. The van der Waals surface area contributed by atoms with Gasteiger partial charge in [0.25, 0.3) is 0 Å². The Labute approximate surface area is 86.0 Å². The van der Waals surface area contributed by atoms with E-state index < -0.39 is 5.97 Å². The number of hydrogen-bond acceptors (Lipinski definition) is 4. The molecular formula is C9H12N2O2S. The number of rotatable bonds is 5. The maximum Gasteiger partial charge on any atom is 0.355 e. The second-order valence-electron chi connectivity index (χ2n) is 3.41. The first-order valence-electron chi connectivity index (χ1n) is 4.67. The second-order valence-corrected chi connectivity index (χ2v) is 4.35. The van der Waals surface area contributed by atoms with E-state index in [4.69, 9.17) is 5.11 Å². The van der Waals surface area contributed by atoms with E-state index in [9.17, 15) is 4.79 Å². The number of aromatic carboxylic acids is 1. The molecule has 76 valence electrons. The van der Waals surface area contributed by atoms with Crippen molar-refractivity contribution >= 4 is 17.3 Å². The Morgan fingerprint density at radius 2 is 2.50 bits per heavy atom. The molecule has 0 saturated heterocycles. The summed E-state index contributed by atoms with van der Waals surface area (Å²) in [5.41, 5.74) is 0.163. The van der Waals surface area contributed by atoms with Crippen LogP contribution in [0.25, 0.3) is 0 Å². The Bertz CT molecular complexity index is 333. The minimum atomic E-state index is -0.942. The normalized spacial score (nSPS) is 15.7. The summed E-state index contributed by atoms with van der Waals surface area (Å²) in [6.07, 6.45) is 3.38. The molecule has 1 heterocycles. The van der Waals surface area contributed by atoms with Gasteiger partial charge in [0.2, 0.25) is 0 Å². The molecule has 14 heavy (non-hydrogen) atoms. The molecule has 0 unspecified atom stereocenters. The van der Waals surface area contributed by atoms with Gasteiger partial charge in [-0.05, 0) is 12.8 Å². The van der Waals surface area contributed by atoms with Crippen LogP contribution in [-0.2, 0) is 6.42 Å². The Morgan fingerprint density at radius 1 is 1.71 bits per heavy atom. The van der Waals surface area contributed by atoms with E-state index >= 15 is 0 Å². The largest absolute Gasteiger partial charge is 0.476 e. The standard InChI is InChI=1S/C9H12N2O2S/c12-9(13)7-5-14-8(11-7)3-4-10-6-1-2-6/h5-6,10H,1-4H2,(H,12,13). The third-order valence-corrected chi connectivity index (χ3v) is 3.03. The molecule has 1 aliphatic carbocycles. The molecule has 2 N–H and O–H groups in total. The lowest BCUT2D eigenvalue weighted by Gasteiger charge is -1.98. The molecule has 0 radical (unpaired) electrons. The molecule has 5 heteroatoms. The molecule has 1 saturated carbocycles. The topological polar surface area (TPSA) is 62.2 Å². The van der Waals surface area contributed by atoms with Gasteiger partial charge in [-0.1, -0.05) is 0 Å². The first-order chi connectivity index (χ1) is 6.75. The van der Waals surface area contributed by atoms with Crippen molar-refractivity contribution in [3.63, 3.8) is 0 Å². The van der Waals surface area contributed by atoms with Crippen LogP contribution in [0.2, 0.25) is 0 Å². The molecule has 1 fully saturated rings. The van der Waals surface area contributed by atoms with E-state index in [1.807, 2.05) is 0 Å². The molecular weight excluding hydrogens is 200 g/mol. The molecule has 2 rings (SSSR count). The van der Waals surface area contributed by atoms with E-state index in [1.165, 1.54) is 24.2 Å². The van der Waals surface area contributed by atoms with E-state index in [0.29, 0.717) is 6.04 Å². The third-order valence-electron chi connectivity index (χ3n) is 2.12. The minimum Gasteiger partial charge on any atom is -0.476 e. The average molecular weight is 212 g/mol. The molecule has 1 aromatic rings. The van der Waals surface area contributed by atoms with Crippen LogP contribution in [-0.4, -0.2) is 28.6 Å². The van der Waals surface area contributed by atoms with Gasteiger partial charge in [0.1, 0.15) is 0 Å². The number of thiazole rings is 1.